The Morgan fingerprint density at radius 1 is 0.479 bits per heavy atom. The van der Waals surface area contributed by atoms with E-state index >= 15 is 0 Å². The van der Waals surface area contributed by atoms with E-state index in [9.17, 15) is 0 Å². The van der Waals surface area contributed by atoms with Gasteiger partial charge in [-0.15, -0.1) is 0 Å². The first-order chi connectivity index (χ1) is 23.8. The van der Waals surface area contributed by atoms with Crippen LogP contribution in [0.2, 0.25) is 0 Å². The number of furan rings is 2. The zero-order valence-corrected chi connectivity index (χ0v) is 25.9. The Balaban J connectivity index is 1.23. The van der Waals surface area contributed by atoms with Crippen molar-refractivity contribution in [2.75, 3.05) is 0 Å². The Morgan fingerprint density at radius 3 is 2.00 bits per heavy atom. The van der Waals surface area contributed by atoms with Gasteiger partial charge in [0.2, 0.25) is 0 Å². The van der Waals surface area contributed by atoms with E-state index in [1.807, 2.05) is 48.5 Å². The van der Waals surface area contributed by atoms with Crippen LogP contribution >= 0.6 is 0 Å². The molecule has 1 aliphatic rings. The summed E-state index contributed by atoms with van der Waals surface area (Å²) in [6.07, 6.45) is 6.53. The van der Waals surface area contributed by atoms with Crippen LogP contribution in [0.3, 0.4) is 0 Å². The normalized spacial score (nSPS) is 12.8. The van der Waals surface area contributed by atoms with E-state index < -0.39 is 0 Å². The van der Waals surface area contributed by atoms with E-state index in [1.54, 1.807) is 0 Å². The first-order valence-corrected chi connectivity index (χ1v) is 16.2. The van der Waals surface area contributed by atoms with Gasteiger partial charge in [-0.25, -0.2) is 15.0 Å². The van der Waals surface area contributed by atoms with Crippen LogP contribution < -0.4 is 0 Å². The highest BCUT2D eigenvalue weighted by molar-refractivity contribution is 6.15. The molecule has 10 rings (SSSR count). The summed E-state index contributed by atoms with van der Waals surface area (Å²) in [5, 5.41) is 4.15. The first-order valence-electron chi connectivity index (χ1n) is 16.2. The Morgan fingerprint density at radius 2 is 1.15 bits per heavy atom. The molecule has 0 spiro atoms. The highest BCUT2D eigenvalue weighted by Crippen LogP contribution is 2.42. The topological polar surface area (TPSA) is 65.0 Å². The summed E-state index contributed by atoms with van der Waals surface area (Å²) in [6, 6.07) is 43.6. The van der Waals surface area contributed by atoms with E-state index in [0.717, 1.165) is 84.5 Å². The highest BCUT2D eigenvalue weighted by Gasteiger charge is 2.21. The number of para-hydroxylation sites is 2. The van der Waals surface area contributed by atoms with Crippen LogP contribution in [0.15, 0.2) is 142 Å². The van der Waals surface area contributed by atoms with Crippen molar-refractivity contribution in [1.82, 2.24) is 15.0 Å². The molecule has 0 saturated heterocycles. The van der Waals surface area contributed by atoms with Gasteiger partial charge in [-0.05, 0) is 72.0 Å². The molecule has 0 unspecified atom stereocenters. The first kappa shape index (κ1) is 26.8. The van der Waals surface area contributed by atoms with Gasteiger partial charge in [-0.1, -0.05) is 97.1 Å². The molecule has 1 aliphatic carbocycles. The lowest BCUT2D eigenvalue weighted by molar-refractivity contribution is 0.669. The number of aryl methyl sites for hydroxylation is 1. The maximum atomic E-state index is 6.58. The third-order valence-electron chi connectivity index (χ3n) is 9.41. The molecule has 5 heteroatoms. The highest BCUT2D eigenvalue weighted by atomic mass is 16.3. The monoisotopic (exact) mass is 617 g/mol. The fourth-order valence-corrected chi connectivity index (χ4v) is 7.05. The van der Waals surface area contributed by atoms with Gasteiger partial charge in [-0.2, -0.15) is 0 Å². The SMILES string of the molecule is C1=Cc2cc(-c3nc(-c4ccc5c(c4)oc4ccccc45)nc(-c4ccc(-c5ccccc5)c5oc6ccccc6c45)n3)ccc2CC1. The molecule has 0 N–H and O–H groups in total. The summed E-state index contributed by atoms with van der Waals surface area (Å²) in [5.74, 6) is 1.79. The van der Waals surface area contributed by atoms with Crippen molar-refractivity contribution >= 4 is 50.0 Å². The molecule has 0 fully saturated rings. The minimum absolute atomic E-state index is 0.582. The largest absolute Gasteiger partial charge is 0.456 e. The third kappa shape index (κ3) is 4.28. The smallest absolute Gasteiger partial charge is 0.164 e. The lowest BCUT2D eigenvalue weighted by Crippen LogP contribution is -2.02. The Kier molecular flexibility index (Phi) is 5.93. The molecule has 0 bridgehead atoms. The number of hydrogen-bond acceptors (Lipinski definition) is 5. The standard InChI is InChI=1S/C43H27N3O2/c1-2-11-27(12-3-1)31-22-23-35(39-34-15-7-9-17-37(34)48-40(31)39)43-45-41(29-19-18-26-10-4-5-13-28(26)24-29)44-42(46-43)30-20-21-33-32-14-6-8-16-36(32)47-38(33)25-30/h1-3,5-9,11-25H,4,10H2. The molecule has 0 saturated carbocycles. The van der Waals surface area contributed by atoms with E-state index in [1.165, 1.54) is 11.1 Å². The summed E-state index contributed by atoms with van der Waals surface area (Å²) in [5.41, 5.74) is 10.7. The van der Waals surface area contributed by atoms with E-state index in [0.29, 0.717) is 17.5 Å². The third-order valence-corrected chi connectivity index (χ3v) is 9.41. The zero-order chi connectivity index (χ0) is 31.6. The Hall–Kier alpha value is -6.33. The average Bonchev–Trinajstić information content (AvgIpc) is 3.73. The summed E-state index contributed by atoms with van der Waals surface area (Å²) in [7, 11) is 0. The Labute approximate surface area is 275 Å². The lowest BCUT2D eigenvalue weighted by atomic mass is 9.95. The number of hydrogen-bond donors (Lipinski definition) is 0. The van der Waals surface area contributed by atoms with Crippen molar-refractivity contribution in [3.05, 3.63) is 145 Å². The molecule has 0 aliphatic heterocycles. The summed E-state index contributed by atoms with van der Waals surface area (Å²) >= 11 is 0. The van der Waals surface area contributed by atoms with Crippen LogP contribution in [-0.4, -0.2) is 15.0 Å². The van der Waals surface area contributed by atoms with Crippen molar-refractivity contribution < 1.29 is 8.83 Å². The van der Waals surface area contributed by atoms with Crippen molar-refractivity contribution in [1.29, 1.82) is 0 Å². The molecule has 0 atom stereocenters. The molecular formula is C43H27N3O2. The van der Waals surface area contributed by atoms with Gasteiger partial charge in [0.15, 0.2) is 17.5 Å². The van der Waals surface area contributed by atoms with Crippen LogP contribution in [0.4, 0.5) is 0 Å². The number of nitrogens with zero attached hydrogens (tertiary/aromatic N) is 3. The van der Waals surface area contributed by atoms with Crippen LogP contribution in [0.5, 0.6) is 0 Å². The number of fused-ring (bicyclic) bond motifs is 7. The average molecular weight is 618 g/mol. The second-order valence-corrected chi connectivity index (χ2v) is 12.3. The fourth-order valence-electron chi connectivity index (χ4n) is 7.05. The van der Waals surface area contributed by atoms with Gasteiger partial charge in [-0.3, -0.25) is 0 Å². The van der Waals surface area contributed by atoms with Gasteiger partial charge in [0.1, 0.15) is 22.3 Å². The van der Waals surface area contributed by atoms with E-state index in [-0.39, 0.29) is 0 Å². The van der Waals surface area contributed by atoms with Gasteiger partial charge < -0.3 is 8.83 Å². The lowest BCUT2D eigenvalue weighted by Gasteiger charge is -2.13. The molecule has 226 valence electrons. The minimum atomic E-state index is 0.582. The van der Waals surface area contributed by atoms with Crippen LogP contribution in [0, 0.1) is 0 Å². The predicted octanol–water partition coefficient (Wildman–Crippen LogP) is 11.3. The van der Waals surface area contributed by atoms with Crippen molar-refractivity contribution in [2.24, 2.45) is 0 Å². The van der Waals surface area contributed by atoms with Gasteiger partial charge in [0, 0.05) is 43.8 Å². The van der Waals surface area contributed by atoms with Crippen molar-refractivity contribution in [2.45, 2.75) is 12.8 Å². The molecule has 5 nitrogen and oxygen atoms in total. The minimum Gasteiger partial charge on any atom is -0.456 e. The maximum absolute atomic E-state index is 6.58. The quantitative estimate of drug-likeness (QED) is 0.197. The molecule has 0 radical (unpaired) electrons. The molecule has 6 aromatic carbocycles. The zero-order valence-electron chi connectivity index (χ0n) is 25.9. The summed E-state index contributed by atoms with van der Waals surface area (Å²) in [4.78, 5) is 15.4. The van der Waals surface area contributed by atoms with E-state index in [2.05, 4.69) is 91.0 Å². The number of benzene rings is 6. The van der Waals surface area contributed by atoms with Crippen molar-refractivity contribution in [3.63, 3.8) is 0 Å². The van der Waals surface area contributed by atoms with Crippen LogP contribution in [-0.2, 0) is 6.42 Å². The number of aromatic nitrogens is 3. The molecule has 48 heavy (non-hydrogen) atoms. The number of allylic oxidation sites excluding steroid dienone is 1. The molecule has 9 aromatic rings. The molecule has 3 heterocycles. The second kappa shape index (κ2) is 10.6. The molecule has 0 amide bonds. The van der Waals surface area contributed by atoms with Gasteiger partial charge in [0.25, 0.3) is 0 Å². The van der Waals surface area contributed by atoms with Gasteiger partial charge in [0.05, 0.1) is 0 Å². The van der Waals surface area contributed by atoms with E-state index in [4.69, 9.17) is 23.8 Å². The summed E-state index contributed by atoms with van der Waals surface area (Å²) in [6.45, 7) is 0. The Bertz CT molecular complexity index is 2740. The molecular weight excluding hydrogens is 590 g/mol. The number of rotatable bonds is 4. The molecule has 3 aromatic heterocycles. The maximum Gasteiger partial charge on any atom is 0.164 e. The second-order valence-electron chi connectivity index (χ2n) is 12.3. The van der Waals surface area contributed by atoms with Crippen LogP contribution in [0.1, 0.15) is 17.5 Å². The van der Waals surface area contributed by atoms with Crippen LogP contribution in [0.25, 0.3) is 95.2 Å². The predicted molar refractivity (Wildman–Crippen MR) is 193 cm³/mol. The summed E-state index contributed by atoms with van der Waals surface area (Å²) < 4.78 is 12.8. The van der Waals surface area contributed by atoms with Crippen molar-refractivity contribution in [3.8, 4) is 45.3 Å². The van der Waals surface area contributed by atoms with Gasteiger partial charge >= 0.3 is 0 Å². The fraction of sp³-hybridized carbons (Fsp3) is 0.0465.